The van der Waals surface area contributed by atoms with Crippen molar-refractivity contribution in [2.45, 2.75) is 50.4 Å². The number of aromatic nitrogens is 1. The van der Waals surface area contributed by atoms with Crippen LogP contribution in [-0.2, 0) is 11.3 Å². The molecular weight excluding hydrogens is 313 g/mol. The first-order chi connectivity index (χ1) is 10.8. The second-order valence-electron chi connectivity index (χ2n) is 5.79. The van der Waals surface area contributed by atoms with E-state index in [0.29, 0.717) is 18.4 Å². The molecule has 0 atom stereocenters. The number of carbonyl (C=O) groups excluding carboxylic acids is 1. The molecule has 1 amide bonds. The third-order valence-corrected chi connectivity index (χ3v) is 3.70. The number of hydrogen-bond acceptors (Lipinski definition) is 4. The molecule has 1 aromatic heterocycles. The number of carbonyl (C=O) groups is 1. The third kappa shape index (κ3) is 6.05. The third-order valence-electron chi connectivity index (χ3n) is 3.70. The van der Waals surface area contributed by atoms with Crippen LogP contribution in [-0.4, -0.2) is 34.4 Å². The van der Waals surface area contributed by atoms with Crippen LogP contribution in [0.3, 0.4) is 0 Å². The molecule has 0 radical (unpaired) electrons. The molecule has 23 heavy (non-hydrogen) atoms. The smallest absolute Gasteiger partial charge is 0.422 e. The quantitative estimate of drug-likeness (QED) is 0.839. The van der Waals surface area contributed by atoms with Gasteiger partial charge in [-0.05, 0) is 24.5 Å². The minimum absolute atomic E-state index is 0.0372. The Morgan fingerprint density at radius 3 is 2.74 bits per heavy atom. The lowest BCUT2D eigenvalue weighted by molar-refractivity contribution is -0.154. The lowest BCUT2D eigenvalue weighted by Crippen LogP contribution is -2.34. The van der Waals surface area contributed by atoms with Gasteiger partial charge >= 0.3 is 6.18 Å². The molecule has 0 aromatic carbocycles. The lowest BCUT2D eigenvalue weighted by atomic mass is 9.98. The van der Waals surface area contributed by atoms with Crippen molar-refractivity contribution >= 4 is 5.91 Å². The molecule has 8 heteroatoms. The van der Waals surface area contributed by atoms with Crippen LogP contribution in [0.25, 0.3) is 0 Å². The monoisotopic (exact) mass is 332 g/mol. The Balaban J connectivity index is 1.82. The normalized spacial score (nSPS) is 17.0. The molecule has 2 rings (SSSR count). The molecule has 0 spiro atoms. The summed E-state index contributed by atoms with van der Waals surface area (Å²) in [7, 11) is 0. The van der Waals surface area contributed by atoms with Gasteiger partial charge in [0.2, 0.25) is 11.8 Å². The largest absolute Gasteiger partial charge is 0.468 e. The molecule has 1 saturated carbocycles. The van der Waals surface area contributed by atoms with E-state index in [-0.39, 0.29) is 24.8 Å². The predicted octanol–water partition coefficient (Wildman–Crippen LogP) is 2.33. The molecule has 0 aliphatic heterocycles. The zero-order chi connectivity index (χ0) is 16.9. The Labute approximate surface area is 131 Å². The van der Waals surface area contributed by atoms with Crippen LogP contribution in [0.2, 0.25) is 0 Å². The van der Waals surface area contributed by atoms with Gasteiger partial charge in [0.05, 0.1) is 12.0 Å². The van der Waals surface area contributed by atoms with E-state index in [0.717, 1.165) is 12.8 Å². The van der Waals surface area contributed by atoms with Gasteiger partial charge in [0.1, 0.15) is 0 Å². The summed E-state index contributed by atoms with van der Waals surface area (Å²) in [6, 6.07) is 2.92. The van der Waals surface area contributed by atoms with Gasteiger partial charge < -0.3 is 15.2 Å². The zero-order valence-corrected chi connectivity index (χ0v) is 12.5. The maximum Gasteiger partial charge on any atom is 0.422 e. The highest BCUT2D eigenvalue weighted by atomic mass is 19.4. The fourth-order valence-electron chi connectivity index (χ4n) is 2.57. The predicted molar refractivity (Wildman–Crippen MR) is 75.7 cm³/mol. The number of ether oxygens (including phenoxy) is 1. The minimum atomic E-state index is -4.43. The van der Waals surface area contributed by atoms with Gasteiger partial charge in [-0.1, -0.05) is 12.8 Å². The second kappa shape index (κ2) is 7.16. The van der Waals surface area contributed by atoms with Crippen molar-refractivity contribution in [1.29, 1.82) is 0 Å². The molecule has 0 saturated heterocycles. The summed E-state index contributed by atoms with van der Waals surface area (Å²) in [6.07, 6.45) is -0.0197. The van der Waals surface area contributed by atoms with Crippen LogP contribution in [0.4, 0.5) is 13.2 Å². The lowest BCUT2D eigenvalue weighted by Gasteiger charge is -2.21. The van der Waals surface area contributed by atoms with E-state index in [1.165, 1.54) is 12.3 Å². The van der Waals surface area contributed by atoms with Crippen LogP contribution < -0.4 is 10.1 Å². The van der Waals surface area contributed by atoms with Crippen LogP contribution in [0.1, 0.15) is 37.7 Å². The highest BCUT2D eigenvalue weighted by Crippen LogP contribution is 2.32. The van der Waals surface area contributed by atoms with Gasteiger partial charge in [-0.15, -0.1) is 0 Å². The highest BCUT2D eigenvalue weighted by Gasteiger charge is 2.33. The summed E-state index contributed by atoms with van der Waals surface area (Å²) < 4.78 is 40.8. The standard InChI is InChI=1S/C15H19F3N2O3/c16-15(17,18)10-23-13-7-11(3-6-19-13)9-20-12(21)8-14(22)4-1-2-5-14/h3,6-7,22H,1-2,4-5,8-10H2,(H,20,21). The van der Waals surface area contributed by atoms with Crippen LogP contribution in [0.15, 0.2) is 18.3 Å². The second-order valence-corrected chi connectivity index (χ2v) is 5.79. The number of alkyl halides is 3. The van der Waals surface area contributed by atoms with E-state index >= 15 is 0 Å². The Morgan fingerprint density at radius 1 is 1.39 bits per heavy atom. The number of hydrogen-bond donors (Lipinski definition) is 2. The Hall–Kier alpha value is -1.83. The molecule has 0 unspecified atom stereocenters. The fraction of sp³-hybridized carbons (Fsp3) is 0.600. The van der Waals surface area contributed by atoms with Crippen LogP contribution >= 0.6 is 0 Å². The maximum absolute atomic E-state index is 12.1. The number of rotatable bonds is 6. The summed E-state index contributed by atoms with van der Waals surface area (Å²) in [6.45, 7) is -1.28. The van der Waals surface area contributed by atoms with Crippen molar-refractivity contribution in [3.05, 3.63) is 23.9 Å². The van der Waals surface area contributed by atoms with E-state index < -0.39 is 18.4 Å². The van der Waals surface area contributed by atoms with Crippen molar-refractivity contribution in [2.75, 3.05) is 6.61 Å². The molecule has 1 heterocycles. The average Bonchev–Trinajstić information content (AvgIpc) is 2.89. The number of nitrogens with one attached hydrogen (secondary N) is 1. The fourth-order valence-corrected chi connectivity index (χ4v) is 2.57. The minimum Gasteiger partial charge on any atom is -0.468 e. The van der Waals surface area contributed by atoms with Crippen LogP contribution in [0, 0.1) is 0 Å². The van der Waals surface area contributed by atoms with E-state index in [1.807, 2.05) is 0 Å². The maximum atomic E-state index is 12.1. The number of pyridine rings is 1. The van der Waals surface area contributed by atoms with Crippen molar-refractivity contribution < 1.29 is 27.8 Å². The summed E-state index contributed by atoms with van der Waals surface area (Å²) in [4.78, 5) is 15.5. The first kappa shape index (κ1) is 17.5. The molecular formula is C15H19F3N2O3. The first-order valence-corrected chi connectivity index (χ1v) is 7.39. The Morgan fingerprint density at radius 2 is 2.09 bits per heavy atom. The van der Waals surface area contributed by atoms with Gasteiger partial charge in [-0.25, -0.2) is 4.98 Å². The summed E-state index contributed by atoms with van der Waals surface area (Å²) >= 11 is 0. The Kier molecular flexibility index (Phi) is 5.46. The molecule has 2 N–H and O–H groups in total. The van der Waals surface area contributed by atoms with Crippen molar-refractivity contribution in [1.82, 2.24) is 10.3 Å². The molecule has 5 nitrogen and oxygen atoms in total. The summed E-state index contributed by atoms with van der Waals surface area (Å²) in [5.41, 5.74) is -0.354. The molecule has 1 aromatic rings. The summed E-state index contributed by atoms with van der Waals surface area (Å²) in [5, 5.41) is 12.8. The molecule has 1 aliphatic rings. The highest BCUT2D eigenvalue weighted by molar-refractivity contribution is 5.77. The molecule has 128 valence electrons. The molecule has 1 fully saturated rings. The van der Waals surface area contributed by atoms with Gasteiger partial charge in [0.25, 0.3) is 0 Å². The first-order valence-electron chi connectivity index (χ1n) is 7.39. The number of amides is 1. The SMILES string of the molecule is O=C(CC1(O)CCCC1)NCc1ccnc(OCC(F)(F)F)c1. The van der Waals surface area contributed by atoms with E-state index in [2.05, 4.69) is 15.0 Å². The van der Waals surface area contributed by atoms with Gasteiger partial charge in [0.15, 0.2) is 6.61 Å². The van der Waals surface area contributed by atoms with E-state index in [4.69, 9.17) is 0 Å². The number of nitrogens with zero attached hydrogens (tertiary/aromatic N) is 1. The van der Waals surface area contributed by atoms with Crippen molar-refractivity contribution in [2.24, 2.45) is 0 Å². The van der Waals surface area contributed by atoms with Crippen LogP contribution in [0.5, 0.6) is 5.88 Å². The van der Waals surface area contributed by atoms with Crippen molar-refractivity contribution in [3.8, 4) is 5.88 Å². The van der Waals surface area contributed by atoms with E-state index in [9.17, 15) is 23.1 Å². The van der Waals surface area contributed by atoms with E-state index in [1.54, 1.807) is 6.07 Å². The number of halogens is 3. The number of aliphatic hydroxyl groups is 1. The molecule has 0 bridgehead atoms. The zero-order valence-electron chi connectivity index (χ0n) is 12.5. The van der Waals surface area contributed by atoms with Gasteiger partial charge in [-0.3, -0.25) is 4.79 Å². The summed E-state index contributed by atoms with van der Waals surface area (Å²) in [5.74, 6) is -0.438. The Bertz CT molecular complexity index is 543. The van der Waals surface area contributed by atoms with Crippen molar-refractivity contribution in [3.63, 3.8) is 0 Å². The molecule has 1 aliphatic carbocycles. The van der Waals surface area contributed by atoms with Gasteiger partial charge in [-0.2, -0.15) is 13.2 Å². The topological polar surface area (TPSA) is 71.5 Å². The van der Waals surface area contributed by atoms with Gasteiger partial charge in [0, 0.05) is 18.8 Å². The average molecular weight is 332 g/mol.